The third kappa shape index (κ3) is 4.19. The molecule has 0 spiro atoms. The first-order chi connectivity index (χ1) is 10.7. The summed E-state index contributed by atoms with van der Waals surface area (Å²) in [6.45, 7) is 11.8. The Bertz CT molecular complexity index is 646. The van der Waals surface area contributed by atoms with Gasteiger partial charge in [-0.05, 0) is 49.9 Å². The first-order valence-electron chi connectivity index (χ1n) is 7.39. The van der Waals surface area contributed by atoms with Crippen molar-refractivity contribution in [3.63, 3.8) is 0 Å². The van der Waals surface area contributed by atoms with Crippen LogP contribution in [-0.2, 0) is 12.8 Å². The van der Waals surface area contributed by atoms with Crippen LogP contribution in [-0.4, -0.2) is 0 Å². The summed E-state index contributed by atoms with van der Waals surface area (Å²) >= 11 is 3.78. The Morgan fingerprint density at radius 3 is 1.59 bits per heavy atom. The fourth-order valence-corrected chi connectivity index (χ4v) is 4.45. The van der Waals surface area contributed by atoms with E-state index in [0.29, 0.717) is 0 Å². The number of allylic oxidation sites excluding steroid dienone is 6. The lowest BCUT2D eigenvalue weighted by Crippen LogP contribution is -1.78. The van der Waals surface area contributed by atoms with Gasteiger partial charge in [-0.2, -0.15) is 0 Å². The first kappa shape index (κ1) is 16.7. The third-order valence-corrected chi connectivity index (χ3v) is 5.89. The quantitative estimate of drug-likeness (QED) is 0.499. The van der Waals surface area contributed by atoms with E-state index in [0.717, 1.165) is 12.8 Å². The molecular weight excluding hydrogens is 304 g/mol. The molecule has 0 aliphatic rings. The van der Waals surface area contributed by atoms with Crippen molar-refractivity contribution in [3.05, 3.63) is 82.6 Å². The molecule has 0 saturated heterocycles. The molecule has 0 unspecified atom stereocenters. The number of aryl methyl sites for hydroxylation is 2. The smallest absolute Gasteiger partial charge is 0.0448 e. The van der Waals surface area contributed by atoms with Gasteiger partial charge in [0.15, 0.2) is 0 Å². The topological polar surface area (TPSA) is 0 Å². The normalized spacial score (nSPS) is 11.5. The molecule has 0 amide bonds. The average Bonchev–Trinajstić information content (AvgIpc) is 3.04. The van der Waals surface area contributed by atoms with E-state index >= 15 is 0 Å². The lowest BCUT2D eigenvalue weighted by atomic mass is 10.1. The van der Waals surface area contributed by atoms with Gasteiger partial charge < -0.3 is 0 Å². The maximum Gasteiger partial charge on any atom is 0.0448 e. The van der Waals surface area contributed by atoms with Crippen molar-refractivity contribution in [1.82, 2.24) is 0 Å². The van der Waals surface area contributed by atoms with Gasteiger partial charge in [-0.25, -0.2) is 0 Å². The maximum atomic E-state index is 3.72. The predicted molar refractivity (Wildman–Crippen MR) is 103 cm³/mol. The summed E-state index contributed by atoms with van der Waals surface area (Å²) in [6, 6.07) is 4.67. The molecule has 2 heterocycles. The molecule has 2 aromatic heterocycles. The van der Waals surface area contributed by atoms with Crippen LogP contribution in [0, 0.1) is 13.8 Å². The van der Waals surface area contributed by atoms with Crippen molar-refractivity contribution in [1.29, 1.82) is 0 Å². The molecule has 0 nitrogen and oxygen atoms in total. The van der Waals surface area contributed by atoms with E-state index in [-0.39, 0.29) is 0 Å². The van der Waals surface area contributed by atoms with Crippen LogP contribution in [0.2, 0.25) is 0 Å². The van der Waals surface area contributed by atoms with Crippen LogP contribution in [0.3, 0.4) is 0 Å². The van der Waals surface area contributed by atoms with Gasteiger partial charge in [0.25, 0.3) is 0 Å². The van der Waals surface area contributed by atoms with Crippen molar-refractivity contribution < 1.29 is 0 Å². The molecule has 0 atom stereocenters. The number of hydrogen-bond acceptors (Lipinski definition) is 2. The predicted octanol–water partition coefficient (Wildman–Crippen LogP) is 6.66. The number of hydrogen-bond donors (Lipinski definition) is 0. The average molecular weight is 327 g/mol. The highest BCUT2D eigenvalue weighted by atomic mass is 32.1. The van der Waals surface area contributed by atoms with E-state index in [9.17, 15) is 0 Å². The van der Waals surface area contributed by atoms with Crippen molar-refractivity contribution in [3.8, 4) is 9.75 Å². The summed E-state index contributed by atoms with van der Waals surface area (Å²) in [5, 5.41) is 0. The summed E-state index contributed by atoms with van der Waals surface area (Å²) < 4.78 is 0. The fraction of sp³-hybridized carbons (Fsp3) is 0.200. The molecule has 0 bridgehead atoms. The van der Waals surface area contributed by atoms with Crippen LogP contribution in [0.15, 0.2) is 61.7 Å². The van der Waals surface area contributed by atoms with Gasteiger partial charge in [0, 0.05) is 19.5 Å². The summed E-state index contributed by atoms with van der Waals surface area (Å²) in [6.07, 6.45) is 14.0. The molecular formula is C20H22S2. The second kappa shape index (κ2) is 8.11. The van der Waals surface area contributed by atoms with Crippen LogP contribution in [0.25, 0.3) is 9.75 Å². The number of rotatable bonds is 7. The lowest BCUT2D eigenvalue weighted by Gasteiger charge is -1.91. The molecule has 0 fully saturated rings. The minimum Gasteiger partial charge on any atom is -0.139 e. The Morgan fingerprint density at radius 2 is 1.23 bits per heavy atom. The molecule has 0 saturated carbocycles. The monoisotopic (exact) mass is 326 g/mol. The Kier molecular flexibility index (Phi) is 6.17. The molecule has 114 valence electrons. The second-order valence-corrected chi connectivity index (χ2v) is 7.63. The van der Waals surface area contributed by atoms with Gasteiger partial charge in [0.1, 0.15) is 0 Å². The SMILES string of the molecule is C=CC=CCc1cc(-c2cc(CC=CC=C)c(C)s2)sc1C. The molecule has 0 aliphatic carbocycles. The fourth-order valence-electron chi connectivity index (χ4n) is 2.27. The van der Waals surface area contributed by atoms with E-state index in [1.807, 2.05) is 47.0 Å². The van der Waals surface area contributed by atoms with Crippen LogP contribution >= 0.6 is 22.7 Å². The summed E-state index contributed by atoms with van der Waals surface area (Å²) in [5.41, 5.74) is 2.83. The highest BCUT2D eigenvalue weighted by molar-refractivity contribution is 7.22. The highest BCUT2D eigenvalue weighted by Crippen LogP contribution is 2.37. The molecule has 0 N–H and O–H groups in total. The van der Waals surface area contributed by atoms with Crippen LogP contribution in [0.5, 0.6) is 0 Å². The lowest BCUT2D eigenvalue weighted by molar-refractivity contribution is 1.26. The van der Waals surface area contributed by atoms with E-state index in [2.05, 4.69) is 51.3 Å². The molecule has 0 aromatic carbocycles. The van der Waals surface area contributed by atoms with Gasteiger partial charge >= 0.3 is 0 Å². The molecule has 22 heavy (non-hydrogen) atoms. The second-order valence-electron chi connectivity index (χ2n) is 5.12. The molecule has 0 radical (unpaired) electrons. The zero-order valence-corrected chi connectivity index (χ0v) is 14.9. The van der Waals surface area contributed by atoms with Gasteiger partial charge in [0.05, 0.1) is 0 Å². The largest absolute Gasteiger partial charge is 0.139 e. The zero-order valence-electron chi connectivity index (χ0n) is 13.3. The maximum absolute atomic E-state index is 3.72. The van der Waals surface area contributed by atoms with Crippen molar-refractivity contribution in [2.24, 2.45) is 0 Å². The van der Waals surface area contributed by atoms with E-state index in [4.69, 9.17) is 0 Å². The summed E-state index contributed by atoms with van der Waals surface area (Å²) in [5.74, 6) is 0. The van der Waals surface area contributed by atoms with Gasteiger partial charge in [0.2, 0.25) is 0 Å². The summed E-state index contributed by atoms with van der Waals surface area (Å²) in [4.78, 5) is 5.57. The Morgan fingerprint density at radius 1 is 0.818 bits per heavy atom. The molecule has 2 aromatic rings. The highest BCUT2D eigenvalue weighted by Gasteiger charge is 2.11. The Labute approximate surface area is 141 Å². The van der Waals surface area contributed by atoms with Crippen molar-refractivity contribution >= 4 is 22.7 Å². The third-order valence-electron chi connectivity index (χ3n) is 3.50. The molecule has 2 rings (SSSR count). The van der Waals surface area contributed by atoms with Crippen molar-refractivity contribution in [2.75, 3.05) is 0 Å². The molecule has 2 heteroatoms. The van der Waals surface area contributed by atoms with Crippen LogP contribution in [0.1, 0.15) is 20.9 Å². The zero-order chi connectivity index (χ0) is 15.9. The molecule has 0 aliphatic heterocycles. The van der Waals surface area contributed by atoms with E-state index in [1.165, 1.54) is 30.6 Å². The van der Waals surface area contributed by atoms with Gasteiger partial charge in [-0.3, -0.25) is 0 Å². The Hall–Kier alpha value is -1.64. The first-order valence-corrected chi connectivity index (χ1v) is 9.03. The van der Waals surface area contributed by atoms with Gasteiger partial charge in [-0.15, -0.1) is 22.7 Å². The van der Waals surface area contributed by atoms with Crippen LogP contribution < -0.4 is 0 Å². The minimum absolute atomic E-state index is 0.980. The number of thiophene rings is 2. The Balaban J connectivity index is 2.21. The minimum atomic E-state index is 0.980. The summed E-state index contributed by atoms with van der Waals surface area (Å²) in [7, 11) is 0. The van der Waals surface area contributed by atoms with E-state index < -0.39 is 0 Å². The van der Waals surface area contributed by atoms with E-state index in [1.54, 1.807) is 0 Å². The standard InChI is InChI=1S/C20H22S2/c1-5-7-9-11-17-13-19(21-15(17)3)20-14-18(16(4)22-20)12-10-8-6-2/h5-10,13-14H,1-2,11-12H2,3-4H3. The van der Waals surface area contributed by atoms with Crippen LogP contribution in [0.4, 0.5) is 0 Å². The van der Waals surface area contributed by atoms with Crippen molar-refractivity contribution in [2.45, 2.75) is 26.7 Å². The van der Waals surface area contributed by atoms with Gasteiger partial charge in [-0.1, -0.05) is 49.6 Å².